The third kappa shape index (κ3) is 10.1. The van der Waals surface area contributed by atoms with Crippen molar-refractivity contribution in [1.82, 2.24) is 16.0 Å². The molecule has 3 N–H and O–H groups in total. The minimum atomic E-state index is -0.0715. The van der Waals surface area contributed by atoms with Crippen LogP contribution >= 0.6 is 0 Å². The minimum Gasteiger partial charge on any atom is -0.378 e. The van der Waals surface area contributed by atoms with Crippen LogP contribution < -0.4 is 16.0 Å². The molecule has 5 heteroatoms. The molecule has 1 aliphatic heterocycles. The topological polar surface area (TPSA) is 62.4 Å². The standard InChI is InChI=1S/C19H39N3O2/c1-3-4-5-6-7-8-9-10-11-12-13-14-21-19(23)22-17-15-20-16-18(17)24-2/h17-18,20H,3-16H2,1-2H3,(H2,21,22,23)/t17-,18+/m1/s1. The molecule has 0 bridgehead atoms. The van der Waals surface area contributed by atoms with Gasteiger partial charge in [0.25, 0.3) is 0 Å². The number of ether oxygens (including phenoxy) is 1. The second kappa shape index (κ2) is 14.5. The van der Waals surface area contributed by atoms with E-state index in [0.29, 0.717) is 0 Å². The van der Waals surface area contributed by atoms with E-state index >= 15 is 0 Å². The molecule has 0 spiro atoms. The van der Waals surface area contributed by atoms with Gasteiger partial charge >= 0.3 is 6.03 Å². The number of carbonyl (C=O) groups excluding carboxylic acids is 1. The van der Waals surface area contributed by atoms with Crippen molar-refractivity contribution in [2.24, 2.45) is 0 Å². The molecule has 0 aromatic rings. The number of nitrogens with one attached hydrogen (secondary N) is 3. The lowest BCUT2D eigenvalue weighted by Gasteiger charge is -2.18. The highest BCUT2D eigenvalue weighted by atomic mass is 16.5. The van der Waals surface area contributed by atoms with Gasteiger partial charge in [-0.2, -0.15) is 0 Å². The van der Waals surface area contributed by atoms with E-state index in [2.05, 4.69) is 22.9 Å². The first-order chi connectivity index (χ1) is 11.8. The first kappa shape index (κ1) is 21.2. The Morgan fingerprint density at radius 2 is 1.54 bits per heavy atom. The average Bonchev–Trinajstić information content (AvgIpc) is 3.03. The van der Waals surface area contributed by atoms with E-state index in [0.717, 1.165) is 26.1 Å². The molecule has 1 heterocycles. The lowest BCUT2D eigenvalue weighted by molar-refractivity contribution is 0.0984. The number of hydrogen-bond acceptors (Lipinski definition) is 3. The third-order valence-corrected chi connectivity index (χ3v) is 4.84. The van der Waals surface area contributed by atoms with Gasteiger partial charge in [0.1, 0.15) is 0 Å². The van der Waals surface area contributed by atoms with Crippen molar-refractivity contribution in [2.45, 2.75) is 89.7 Å². The number of hydrogen-bond donors (Lipinski definition) is 3. The fraction of sp³-hybridized carbons (Fsp3) is 0.947. The number of carbonyl (C=O) groups is 1. The fourth-order valence-electron chi connectivity index (χ4n) is 3.26. The Balaban J connectivity index is 1.84. The van der Waals surface area contributed by atoms with Crippen LogP contribution in [-0.4, -0.2) is 44.9 Å². The summed E-state index contributed by atoms with van der Waals surface area (Å²) in [5.41, 5.74) is 0. The normalized spacial score (nSPS) is 20.2. The zero-order valence-electron chi connectivity index (χ0n) is 15.9. The Labute approximate surface area is 148 Å². The Morgan fingerprint density at radius 3 is 2.12 bits per heavy atom. The van der Waals surface area contributed by atoms with Crippen LogP contribution in [0, 0.1) is 0 Å². The number of amides is 2. The molecule has 0 unspecified atom stereocenters. The van der Waals surface area contributed by atoms with Crippen LogP contribution in [0.5, 0.6) is 0 Å². The summed E-state index contributed by atoms with van der Waals surface area (Å²) in [6, 6.07) is 0.00477. The second-order valence-electron chi connectivity index (χ2n) is 6.97. The first-order valence-electron chi connectivity index (χ1n) is 10.1. The molecule has 0 radical (unpaired) electrons. The highest BCUT2D eigenvalue weighted by Crippen LogP contribution is 2.11. The molecule has 0 aromatic heterocycles. The molecule has 0 aliphatic carbocycles. The van der Waals surface area contributed by atoms with Gasteiger partial charge in [0.15, 0.2) is 0 Å². The van der Waals surface area contributed by atoms with Crippen molar-refractivity contribution in [3.05, 3.63) is 0 Å². The maximum Gasteiger partial charge on any atom is 0.315 e. The van der Waals surface area contributed by atoms with E-state index in [1.165, 1.54) is 64.2 Å². The van der Waals surface area contributed by atoms with Gasteiger partial charge in [0.2, 0.25) is 0 Å². The summed E-state index contributed by atoms with van der Waals surface area (Å²) < 4.78 is 5.34. The molecule has 24 heavy (non-hydrogen) atoms. The predicted octanol–water partition coefficient (Wildman–Crippen LogP) is 3.58. The Kier molecular flexibility index (Phi) is 12.9. The SMILES string of the molecule is CCCCCCCCCCCCCNC(=O)N[C@@H]1CNC[C@@H]1OC. The molecule has 1 aliphatic rings. The van der Waals surface area contributed by atoms with Crippen LogP contribution in [0.1, 0.15) is 77.6 Å². The molecule has 2 atom stereocenters. The monoisotopic (exact) mass is 341 g/mol. The van der Waals surface area contributed by atoms with E-state index in [-0.39, 0.29) is 18.2 Å². The summed E-state index contributed by atoms with van der Waals surface area (Å²) in [5.74, 6) is 0. The molecular formula is C19H39N3O2. The van der Waals surface area contributed by atoms with E-state index in [4.69, 9.17) is 4.74 Å². The average molecular weight is 342 g/mol. The van der Waals surface area contributed by atoms with Crippen LogP contribution in [0.15, 0.2) is 0 Å². The fourth-order valence-corrected chi connectivity index (χ4v) is 3.26. The van der Waals surface area contributed by atoms with Crippen molar-refractivity contribution in [2.75, 3.05) is 26.7 Å². The van der Waals surface area contributed by atoms with E-state index in [1.807, 2.05) is 0 Å². The summed E-state index contributed by atoms with van der Waals surface area (Å²) in [4.78, 5) is 11.8. The quantitative estimate of drug-likeness (QED) is 0.423. The number of rotatable bonds is 14. The largest absolute Gasteiger partial charge is 0.378 e. The summed E-state index contributed by atoms with van der Waals surface area (Å²) in [5, 5.41) is 9.16. The summed E-state index contributed by atoms with van der Waals surface area (Å²) >= 11 is 0. The first-order valence-corrected chi connectivity index (χ1v) is 10.1. The molecule has 5 nitrogen and oxygen atoms in total. The molecule has 0 aromatic carbocycles. The minimum absolute atomic E-state index is 0.0715. The zero-order chi connectivity index (χ0) is 17.5. The molecule has 1 fully saturated rings. The van der Waals surface area contributed by atoms with Gasteiger partial charge < -0.3 is 20.7 Å². The van der Waals surface area contributed by atoms with Crippen LogP contribution in [-0.2, 0) is 4.74 Å². The highest BCUT2D eigenvalue weighted by Gasteiger charge is 2.27. The van der Waals surface area contributed by atoms with Crippen LogP contribution in [0.4, 0.5) is 4.79 Å². The van der Waals surface area contributed by atoms with Gasteiger partial charge in [-0.1, -0.05) is 71.1 Å². The number of urea groups is 1. The van der Waals surface area contributed by atoms with Crippen molar-refractivity contribution < 1.29 is 9.53 Å². The maximum absolute atomic E-state index is 11.8. The summed E-state index contributed by atoms with van der Waals surface area (Å²) in [6.45, 7) is 4.62. The van der Waals surface area contributed by atoms with Gasteiger partial charge in [-0.15, -0.1) is 0 Å². The van der Waals surface area contributed by atoms with Gasteiger partial charge in [-0.25, -0.2) is 4.79 Å². The van der Waals surface area contributed by atoms with Crippen LogP contribution in [0.3, 0.4) is 0 Å². The summed E-state index contributed by atoms with van der Waals surface area (Å²) in [7, 11) is 1.69. The molecule has 0 saturated carbocycles. The van der Waals surface area contributed by atoms with Gasteiger partial charge in [0, 0.05) is 26.7 Å². The lowest BCUT2D eigenvalue weighted by Crippen LogP contribution is -2.48. The smallest absolute Gasteiger partial charge is 0.315 e. The highest BCUT2D eigenvalue weighted by molar-refractivity contribution is 5.74. The van der Waals surface area contributed by atoms with Crippen molar-refractivity contribution in [1.29, 1.82) is 0 Å². The van der Waals surface area contributed by atoms with Gasteiger partial charge in [0.05, 0.1) is 12.1 Å². The van der Waals surface area contributed by atoms with E-state index in [1.54, 1.807) is 7.11 Å². The van der Waals surface area contributed by atoms with E-state index < -0.39 is 0 Å². The Morgan fingerprint density at radius 1 is 0.958 bits per heavy atom. The molecule has 1 saturated heterocycles. The molecule has 142 valence electrons. The predicted molar refractivity (Wildman–Crippen MR) is 100 cm³/mol. The third-order valence-electron chi connectivity index (χ3n) is 4.84. The van der Waals surface area contributed by atoms with Gasteiger partial charge in [-0.3, -0.25) is 0 Å². The zero-order valence-corrected chi connectivity index (χ0v) is 15.9. The number of methoxy groups -OCH3 is 1. The van der Waals surface area contributed by atoms with Gasteiger partial charge in [-0.05, 0) is 6.42 Å². The molecular weight excluding hydrogens is 302 g/mol. The second-order valence-corrected chi connectivity index (χ2v) is 6.97. The van der Waals surface area contributed by atoms with E-state index in [9.17, 15) is 4.79 Å². The Hall–Kier alpha value is -0.810. The van der Waals surface area contributed by atoms with Crippen molar-refractivity contribution >= 4 is 6.03 Å². The summed E-state index contributed by atoms with van der Waals surface area (Å²) in [6.07, 6.45) is 14.7. The molecule has 1 rings (SSSR count). The van der Waals surface area contributed by atoms with Crippen LogP contribution in [0.25, 0.3) is 0 Å². The molecule has 2 amide bonds. The van der Waals surface area contributed by atoms with Crippen molar-refractivity contribution in [3.63, 3.8) is 0 Å². The Bertz CT molecular complexity index is 313. The number of unbranched alkanes of at least 4 members (excludes halogenated alkanes) is 10. The maximum atomic E-state index is 11.8. The van der Waals surface area contributed by atoms with Crippen molar-refractivity contribution in [3.8, 4) is 0 Å². The lowest BCUT2D eigenvalue weighted by atomic mass is 10.1. The van der Waals surface area contributed by atoms with Crippen LogP contribution in [0.2, 0.25) is 0 Å².